The maximum atomic E-state index is 12.0. The van der Waals surface area contributed by atoms with Gasteiger partial charge in [0.15, 0.2) is 17.7 Å². The van der Waals surface area contributed by atoms with E-state index in [0.29, 0.717) is 5.56 Å². The van der Waals surface area contributed by atoms with Gasteiger partial charge in [-0.05, 0) is 5.56 Å². The summed E-state index contributed by atoms with van der Waals surface area (Å²) >= 11 is 0. The molecule has 1 aliphatic rings. The second kappa shape index (κ2) is 10.4. The van der Waals surface area contributed by atoms with Crippen molar-refractivity contribution in [2.45, 2.75) is 31.0 Å². The molecule has 0 radical (unpaired) electrons. The van der Waals surface area contributed by atoms with E-state index in [-0.39, 0.29) is 53.0 Å². The summed E-state index contributed by atoms with van der Waals surface area (Å²) in [5, 5.41) is 20.7. The number of fused-ring (bicyclic) bond motifs is 1. The molecule has 3 aromatic rings. The number of rotatable bonds is 7. The Hall–Kier alpha value is -2.17. The SMILES string of the molecule is Nc1ncnc2c1ncn2[C@@H]1O[C@H](COS(=O)(=O)[N-]C(=O)Cc2ccccc2)[C@@H](O)[C@H]1O.[Na+]. The molecule has 1 aliphatic heterocycles. The number of hydrogen-bond donors (Lipinski definition) is 3. The van der Waals surface area contributed by atoms with Gasteiger partial charge >= 0.3 is 29.6 Å². The molecule has 0 aliphatic carbocycles. The van der Waals surface area contributed by atoms with Gasteiger partial charge in [-0.3, -0.25) is 8.75 Å². The third-order valence-corrected chi connectivity index (χ3v) is 5.65. The predicted molar refractivity (Wildman–Crippen MR) is 109 cm³/mol. The molecule has 13 nitrogen and oxygen atoms in total. The van der Waals surface area contributed by atoms with Crippen molar-refractivity contribution < 1.29 is 61.9 Å². The number of carbonyl (C=O) groups is 1. The van der Waals surface area contributed by atoms with Crippen LogP contribution >= 0.6 is 0 Å². The summed E-state index contributed by atoms with van der Waals surface area (Å²) < 4.78 is 38.8. The van der Waals surface area contributed by atoms with Gasteiger partial charge in [0.2, 0.25) is 10.3 Å². The molecule has 2 aromatic heterocycles. The minimum atomic E-state index is -4.59. The standard InChI is InChI=1S/C18H20N6O7S.Na/c19-16-13-17(21-8-20-16)24(9-22-13)18-15(27)14(26)11(31-18)7-30-32(28,29)23-12(25)6-10-4-2-1-3-5-10;/h1-5,8-9,11,14-15,18,26-27H,6-7H2,(H3,19,20,21,23,25);/q;+1/p-1/t11-,14-,15-,18-;/m1./s1. The van der Waals surface area contributed by atoms with E-state index in [2.05, 4.69) is 19.7 Å². The molecular formula is C18H19N6NaO7S. The first-order valence-corrected chi connectivity index (χ1v) is 10.8. The van der Waals surface area contributed by atoms with Crippen LogP contribution in [0.2, 0.25) is 0 Å². The van der Waals surface area contributed by atoms with Crippen LogP contribution in [0.3, 0.4) is 0 Å². The zero-order valence-corrected chi connectivity index (χ0v) is 20.2. The van der Waals surface area contributed by atoms with E-state index in [1.807, 2.05) is 0 Å². The van der Waals surface area contributed by atoms with Crippen LogP contribution in [0.25, 0.3) is 15.9 Å². The van der Waals surface area contributed by atoms with E-state index >= 15 is 0 Å². The normalized spacial score (nSPS) is 22.7. The summed E-state index contributed by atoms with van der Waals surface area (Å²) in [7, 11) is -4.59. The van der Waals surface area contributed by atoms with Gasteiger partial charge in [0, 0.05) is 6.42 Å². The van der Waals surface area contributed by atoms with Gasteiger partial charge in [-0.25, -0.2) is 23.4 Å². The summed E-state index contributed by atoms with van der Waals surface area (Å²) in [6.45, 7) is -0.678. The fraction of sp³-hybridized carbons (Fsp3) is 0.333. The maximum Gasteiger partial charge on any atom is 1.00 e. The zero-order valence-electron chi connectivity index (χ0n) is 17.4. The average molecular weight is 486 g/mol. The Morgan fingerprint density at radius 3 is 2.64 bits per heavy atom. The molecule has 1 aromatic carbocycles. The van der Waals surface area contributed by atoms with E-state index < -0.39 is 47.4 Å². The minimum Gasteiger partial charge on any atom is -0.522 e. The maximum absolute atomic E-state index is 12.0. The monoisotopic (exact) mass is 486 g/mol. The van der Waals surface area contributed by atoms with Crippen molar-refractivity contribution in [1.29, 1.82) is 0 Å². The molecule has 1 amide bonds. The van der Waals surface area contributed by atoms with Crippen LogP contribution in [0.1, 0.15) is 11.8 Å². The summed E-state index contributed by atoms with van der Waals surface area (Å²) in [5.41, 5.74) is 6.86. The van der Waals surface area contributed by atoms with Gasteiger partial charge in [-0.2, -0.15) is 0 Å². The first kappa shape index (κ1) is 25.5. The Morgan fingerprint density at radius 2 is 1.91 bits per heavy atom. The summed E-state index contributed by atoms with van der Waals surface area (Å²) in [6, 6.07) is 8.48. The Kier molecular flexibility index (Phi) is 8.02. The number of hydrogen-bond acceptors (Lipinski definition) is 11. The minimum absolute atomic E-state index is 0. The molecule has 0 saturated carbocycles. The number of nitrogen functional groups attached to an aromatic ring is 1. The third-order valence-electron chi connectivity index (χ3n) is 4.79. The number of benzene rings is 1. The molecule has 33 heavy (non-hydrogen) atoms. The molecule has 4 atom stereocenters. The number of aliphatic hydroxyl groups excluding tert-OH is 2. The molecule has 1 fully saturated rings. The first-order valence-electron chi connectivity index (χ1n) is 9.39. The molecule has 15 heteroatoms. The van der Waals surface area contributed by atoms with Crippen molar-refractivity contribution in [2.24, 2.45) is 0 Å². The van der Waals surface area contributed by atoms with Gasteiger partial charge in [0.25, 0.3) is 0 Å². The molecule has 170 valence electrons. The Labute approximate surface area is 210 Å². The first-order chi connectivity index (χ1) is 15.2. The molecule has 3 heterocycles. The van der Waals surface area contributed by atoms with Gasteiger partial charge in [-0.1, -0.05) is 30.3 Å². The van der Waals surface area contributed by atoms with Crippen LogP contribution in [0.4, 0.5) is 5.82 Å². The Morgan fingerprint density at radius 1 is 1.18 bits per heavy atom. The largest absolute Gasteiger partial charge is 1.00 e. The smallest absolute Gasteiger partial charge is 0.522 e. The zero-order chi connectivity index (χ0) is 22.9. The van der Waals surface area contributed by atoms with E-state index in [0.717, 1.165) is 0 Å². The van der Waals surface area contributed by atoms with E-state index in [9.17, 15) is 23.4 Å². The van der Waals surface area contributed by atoms with E-state index in [1.165, 1.54) is 17.2 Å². The van der Waals surface area contributed by atoms with Crippen molar-refractivity contribution in [3.63, 3.8) is 0 Å². The van der Waals surface area contributed by atoms with Crippen molar-refractivity contribution in [3.8, 4) is 0 Å². The number of imidazole rings is 1. The van der Waals surface area contributed by atoms with Crippen molar-refractivity contribution >= 4 is 33.2 Å². The molecule has 4 rings (SSSR count). The average Bonchev–Trinajstić information content (AvgIpc) is 3.29. The fourth-order valence-corrected chi connectivity index (χ4v) is 3.93. The molecule has 4 N–H and O–H groups in total. The number of anilines is 1. The van der Waals surface area contributed by atoms with E-state index in [1.54, 1.807) is 30.3 Å². The second-order valence-electron chi connectivity index (χ2n) is 6.99. The van der Waals surface area contributed by atoms with Gasteiger partial charge in [-0.15, -0.1) is 0 Å². The van der Waals surface area contributed by atoms with E-state index in [4.69, 9.17) is 14.7 Å². The van der Waals surface area contributed by atoms with Crippen LogP contribution in [0.5, 0.6) is 0 Å². The summed E-state index contributed by atoms with van der Waals surface area (Å²) in [4.78, 5) is 23.8. The van der Waals surface area contributed by atoms with Crippen molar-refractivity contribution in [3.05, 3.63) is 53.3 Å². The summed E-state index contributed by atoms with van der Waals surface area (Å²) in [5.74, 6) is -0.793. The second-order valence-corrected chi connectivity index (χ2v) is 8.26. The van der Waals surface area contributed by atoms with Crippen LogP contribution in [-0.4, -0.2) is 69.0 Å². The van der Waals surface area contributed by atoms with Gasteiger partial charge in [0.1, 0.15) is 30.2 Å². The fourth-order valence-electron chi connectivity index (χ4n) is 3.26. The summed E-state index contributed by atoms with van der Waals surface area (Å²) in [6.07, 6.45) is -3.03. The number of aliphatic hydroxyl groups is 2. The van der Waals surface area contributed by atoms with Gasteiger partial charge in [0.05, 0.1) is 18.8 Å². The number of aromatic nitrogens is 4. The van der Waals surface area contributed by atoms with Crippen molar-refractivity contribution in [1.82, 2.24) is 19.5 Å². The Balaban J connectivity index is 0.00000306. The van der Waals surface area contributed by atoms with Crippen molar-refractivity contribution in [2.75, 3.05) is 12.3 Å². The quantitative estimate of drug-likeness (QED) is 0.280. The Bertz CT molecular complexity index is 1230. The predicted octanol–water partition coefficient (Wildman–Crippen LogP) is -3.56. The number of carbonyl (C=O) groups excluding carboxylic acids is 1. The topological polar surface area (TPSA) is 194 Å². The van der Waals surface area contributed by atoms with Gasteiger partial charge < -0.3 is 30.2 Å². The van der Waals surface area contributed by atoms with Crippen LogP contribution in [-0.2, 0) is 30.4 Å². The van der Waals surface area contributed by atoms with Crippen LogP contribution in [0, 0.1) is 0 Å². The number of ether oxygens (including phenoxy) is 1. The van der Waals surface area contributed by atoms with Crippen LogP contribution < -0.4 is 35.3 Å². The number of nitrogens with two attached hydrogens (primary N) is 1. The molecule has 1 saturated heterocycles. The third kappa shape index (κ3) is 5.67. The molecule has 0 unspecified atom stereocenters. The number of amides is 1. The molecular weight excluding hydrogens is 467 g/mol. The molecule has 0 bridgehead atoms. The number of nitrogens with zero attached hydrogens (tertiary/aromatic N) is 5. The molecule has 0 spiro atoms. The van der Waals surface area contributed by atoms with Crippen LogP contribution in [0.15, 0.2) is 43.0 Å².